The number of carbonyl (C=O) groups is 1. The lowest BCUT2D eigenvalue weighted by molar-refractivity contribution is -0.123. The fraction of sp³-hybridized carbons (Fsp3) is 0.510. The lowest BCUT2D eigenvalue weighted by Crippen LogP contribution is -2.45. The van der Waals surface area contributed by atoms with E-state index in [9.17, 15) is 4.79 Å². The summed E-state index contributed by atoms with van der Waals surface area (Å²) in [4.78, 5) is 45.3. The predicted molar refractivity (Wildman–Crippen MR) is 265 cm³/mol. The molecule has 346 valence electrons. The first-order valence-electron chi connectivity index (χ1n) is 24.2. The van der Waals surface area contributed by atoms with Crippen LogP contribution in [0.1, 0.15) is 51.4 Å². The van der Waals surface area contributed by atoms with Crippen molar-refractivity contribution in [2.45, 2.75) is 63.0 Å². The number of nitrogens with zero attached hydrogens (tertiary/aromatic N) is 8. The maximum atomic E-state index is 14.0. The fourth-order valence-electron chi connectivity index (χ4n) is 10.9. The Balaban J connectivity index is 0.649. The van der Waals surface area contributed by atoms with Gasteiger partial charge in [0.05, 0.1) is 31.8 Å². The van der Waals surface area contributed by atoms with Crippen LogP contribution in [0.3, 0.4) is 0 Å². The molecule has 4 aromatic heterocycles. The van der Waals surface area contributed by atoms with E-state index in [1.54, 1.807) is 11.3 Å². The Morgan fingerprint density at radius 1 is 0.758 bits per heavy atom. The number of rotatable bonds is 17. The Labute approximate surface area is 395 Å². The molecule has 5 aliphatic heterocycles. The van der Waals surface area contributed by atoms with E-state index in [1.807, 2.05) is 36.7 Å². The molecule has 5 saturated heterocycles. The van der Waals surface area contributed by atoms with E-state index in [1.165, 1.54) is 48.4 Å². The standard InChI is InChI=1S/C51H61N9O4S2/c61-44(54-48-45(39-11-5-2-6-12-39)42-30-53-50(56-47(42)66-48)59-21-15-36(16-22-59)31-62-25-23-57-17-7-8-18-57)28-51-27-40(33-64-51)60(35-51)24-26-63-32-37-13-19-58(20-14-37)49-52-29-41-43(34-65-46(41)55-49)38-9-3-1-4-10-38/h1-6,9-12,29-30,34,36-37,40H,7-8,13-28,31-33,35H2,(H,54,61). The molecule has 5 fully saturated rings. The summed E-state index contributed by atoms with van der Waals surface area (Å²) in [6.07, 6.45) is 12.0. The Kier molecular flexibility index (Phi) is 13.3. The number of benzene rings is 2. The van der Waals surface area contributed by atoms with Crippen molar-refractivity contribution in [3.63, 3.8) is 0 Å². The Morgan fingerprint density at radius 2 is 1.38 bits per heavy atom. The number of nitrogens with one attached hydrogen (secondary N) is 1. The smallest absolute Gasteiger partial charge is 0.227 e. The van der Waals surface area contributed by atoms with Crippen molar-refractivity contribution in [1.29, 1.82) is 0 Å². The summed E-state index contributed by atoms with van der Waals surface area (Å²) in [7, 11) is 0. The largest absolute Gasteiger partial charge is 0.380 e. The number of aromatic nitrogens is 4. The van der Waals surface area contributed by atoms with E-state index in [2.05, 4.69) is 66.7 Å². The summed E-state index contributed by atoms with van der Waals surface area (Å²) < 4.78 is 18.8. The molecule has 1 amide bonds. The van der Waals surface area contributed by atoms with Crippen LogP contribution in [0.25, 0.3) is 42.7 Å². The van der Waals surface area contributed by atoms with Crippen molar-refractivity contribution < 1.29 is 19.0 Å². The number of hydrogen-bond acceptors (Lipinski definition) is 14. The molecule has 0 aliphatic carbocycles. The van der Waals surface area contributed by atoms with Crippen LogP contribution < -0.4 is 15.1 Å². The normalized spacial score (nSPS) is 22.1. The Bertz CT molecular complexity index is 2570. The van der Waals surface area contributed by atoms with Crippen molar-refractivity contribution in [1.82, 2.24) is 29.7 Å². The topological polar surface area (TPSA) is 121 Å². The molecule has 2 aromatic carbocycles. The van der Waals surface area contributed by atoms with Crippen LogP contribution in [0, 0.1) is 11.8 Å². The molecule has 66 heavy (non-hydrogen) atoms. The van der Waals surface area contributed by atoms with Crippen molar-refractivity contribution in [2.24, 2.45) is 11.8 Å². The van der Waals surface area contributed by atoms with Gasteiger partial charge in [0, 0.05) is 105 Å². The van der Waals surface area contributed by atoms with Gasteiger partial charge in [0.1, 0.15) is 14.7 Å². The van der Waals surface area contributed by atoms with Crippen LogP contribution in [-0.2, 0) is 19.0 Å². The molecule has 5 aliphatic rings. The number of likely N-dealkylation sites (tertiary alicyclic amines) is 2. The number of anilines is 3. The number of thiophene rings is 2. The van der Waals surface area contributed by atoms with E-state index < -0.39 is 5.60 Å². The highest BCUT2D eigenvalue weighted by Gasteiger charge is 2.51. The third-order valence-electron chi connectivity index (χ3n) is 14.6. The molecule has 2 atom stereocenters. The van der Waals surface area contributed by atoms with E-state index in [0.717, 1.165) is 146 Å². The zero-order valence-corrected chi connectivity index (χ0v) is 39.5. The van der Waals surface area contributed by atoms with Crippen molar-refractivity contribution >= 4 is 65.9 Å². The van der Waals surface area contributed by atoms with E-state index in [4.69, 9.17) is 34.1 Å². The molecular formula is C51H61N9O4S2. The van der Waals surface area contributed by atoms with Gasteiger partial charge < -0.3 is 34.2 Å². The van der Waals surface area contributed by atoms with Crippen LogP contribution in [0.5, 0.6) is 0 Å². The molecule has 0 saturated carbocycles. The minimum absolute atomic E-state index is 0.0284. The van der Waals surface area contributed by atoms with E-state index in [0.29, 0.717) is 37.5 Å². The van der Waals surface area contributed by atoms with Crippen molar-refractivity contribution in [3.05, 3.63) is 78.4 Å². The first-order valence-corrected chi connectivity index (χ1v) is 25.9. The number of morpholine rings is 1. The molecule has 0 spiro atoms. The fourth-order valence-corrected chi connectivity index (χ4v) is 12.9. The first kappa shape index (κ1) is 43.9. The Hall–Kier alpha value is -4.61. The van der Waals surface area contributed by atoms with Crippen LogP contribution in [0.2, 0.25) is 0 Å². The molecule has 13 nitrogen and oxygen atoms in total. The van der Waals surface area contributed by atoms with Gasteiger partial charge in [0.25, 0.3) is 0 Å². The summed E-state index contributed by atoms with van der Waals surface area (Å²) in [6, 6.07) is 21.1. The molecule has 1 N–H and O–H groups in total. The molecule has 2 unspecified atom stereocenters. The predicted octanol–water partition coefficient (Wildman–Crippen LogP) is 8.46. The number of hydrogen-bond donors (Lipinski definition) is 1. The number of carbonyl (C=O) groups excluding carboxylic acids is 1. The van der Waals surface area contributed by atoms with Gasteiger partial charge in [0.2, 0.25) is 17.8 Å². The SMILES string of the molecule is O=C(CC12CC(CO1)N(CCOCC1CCN(c3ncc4c(-c5ccccc5)csc4n3)CC1)C2)Nc1sc2nc(N3CCC(COCCN4CCCC4)CC3)ncc2c1-c1ccccc1. The number of fused-ring (bicyclic) bond motifs is 4. The second kappa shape index (κ2) is 19.9. The van der Waals surface area contributed by atoms with Crippen LogP contribution >= 0.6 is 22.7 Å². The average Bonchev–Trinajstić information content (AvgIpc) is 4.22. The van der Waals surface area contributed by atoms with Gasteiger partial charge in [0.15, 0.2) is 0 Å². The van der Waals surface area contributed by atoms with E-state index >= 15 is 0 Å². The third kappa shape index (κ3) is 9.71. The van der Waals surface area contributed by atoms with Gasteiger partial charge in [-0.05, 0) is 81.0 Å². The highest BCUT2D eigenvalue weighted by molar-refractivity contribution is 7.23. The minimum atomic E-state index is -0.486. The molecule has 15 heteroatoms. The summed E-state index contributed by atoms with van der Waals surface area (Å²) in [5.74, 6) is 2.65. The van der Waals surface area contributed by atoms with Crippen LogP contribution in [-0.4, -0.2) is 139 Å². The van der Waals surface area contributed by atoms with Gasteiger partial charge in [-0.1, -0.05) is 72.0 Å². The highest BCUT2D eigenvalue weighted by Crippen LogP contribution is 2.44. The molecule has 6 aromatic rings. The molecular weight excluding hydrogens is 867 g/mol. The summed E-state index contributed by atoms with van der Waals surface area (Å²) in [6.45, 7) is 12.5. The first-order chi connectivity index (χ1) is 32.5. The summed E-state index contributed by atoms with van der Waals surface area (Å²) >= 11 is 3.23. The summed E-state index contributed by atoms with van der Waals surface area (Å²) in [5.41, 5.74) is 3.93. The molecule has 2 bridgehead atoms. The second-order valence-electron chi connectivity index (χ2n) is 19.1. The molecule has 0 radical (unpaired) electrons. The third-order valence-corrected chi connectivity index (χ3v) is 16.5. The number of ether oxygens (including phenoxy) is 3. The van der Waals surface area contributed by atoms with Gasteiger partial charge in [-0.25, -0.2) is 19.9 Å². The second-order valence-corrected chi connectivity index (χ2v) is 20.9. The van der Waals surface area contributed by atoms with Gasteiger partial charge in [-0.2, -0.15) is 0 Å². The Morgan fingerprint density at radius 3 is 2.06 bits per heavy atom. The highest BCUT2D eigenvalue weighted by atomic mass is 32.1. The van der Waals surface area contributed by atoms with Crippen LogP contribution in [0.15, 0.2) is 78.4 Å². The van der Waals surface area contributed by atoms with Gasteiger partial charge >= 0.3 is 0 Å². The lowest BCUT2D eigenvalue weighted by Gasteiger charge is -2.33. The van der Waals surface area contributed by atoms with Crippen molar-refractivity contribution in [2.75, 3.05) is 107 Å². The van der Waals surface area contributed by atoms with Gasteiger partial charge in [-0.3, -0.25) is 9.69 Å². The summed E-state index contributed by atoms with van der Waals surface area (Å²) in [5, 5.41) is 8.41. The monoisotopic (exact) mass is 927 g/mol. The average molecular weight is 928 g/mol. The molecule has 11 rings (SSSR count). The van der Waals surface area contributed by atoms with Gasteiger partial charge in [-0.15, -0.1) is 11.3 Å². The maximum absolute atomic E-state index is 14.0. The zero-order chi connectivity index (χ0) is 44.3. The van der Waals surface area contributed by atoms with Crippen molar-refractivity contribution in [3.8, 4) is 22.3 Å². The molecule has 9 heterocycles. The number of amides is 1. The van der Waals surface area contributed by atoms with E-state index in [-0.39, 0.29) is 5.91 Å². The zero-order valence-electron chi connectivity index (χ0n) is 37.8. The quantitative estimate of drug-likeness (QED) is 0.0884. The maximum Gasteiger partial charge on any atom is 0.227 e. The lowest BCUT2D eigenvalue weighted by atomic mass is 9.98. The number of piperidine rings is 2. The minimum Gasteiger partial charge on any atom is -0.380 e. The van der Waals surface area contributed by atoms with Crippen LogP contribution in [0.4, 0.5) is 16.9 Å².